The van der Waals surface area contributed by atoms with Crippen LogP contribution in [0.15, 0.2) is 18.2 Å². The Morgan fingerprint density at radius 3 is 2.76 bits per heavy atom. The molecule has 0 saturated heterocycles. The van der Waals surface area contributed by atoms with Gasteiger partial charge in [0.2, 0.25) is 0 Å². The van der Waals surface area contributed by atoms with E-state index < -0.39 is 6.10 Å². The van der Waals surface area contributed by atoms with Crippen molar-refractivity contribution in [3.8, 4) is 5.75 Å². The van der Waals surface area contributed by atoms with Crippen LogP contribution in [0.4, 0.5) is 0 Å². The molecule has 0 radical (unpaired) electrons. The summed E-state index contributed by atoms with van der Waals surface area (Å²) in [6.07, 6.45) is 1.53. The Bertz CT molecular complexity index is 534. The van der Waals surface area contributed by atoms with Crippen molar-refractivity contribution in [2.45, 2.75) is 38.3 Å². The number of amides is 1. The highest BCUT2D eigenvalue weighted by atomic mass is 35.5. The molecule has 1 aromatic rings. The van der Waals surface area contributed by atoms with E-state index in [1.165, 1.54) is 0 Å². The van der Waals surface area contributed by atoms with Gasteiger partial charge in [0.1, 0.15) is 10.8 Å². The van der Waals surface area contributed by atoms with Gasteiger partial charge in [-0.3, -0.25) is 4.79 Å². The molecule has 21 heavy (non-hydrogen) atoms. The first-order valence-corrected chi connectivity index (χ1v) is 7.75. The molecular weight excluding hydrogens is 311 g/mol. The summed E-state index contributed by atoms with van der Waals surface area (Å²) in [7, 11) is 0. The molecule has 3 N–H and O–H groups in total. The standard InChI is InChI=1S/C15H20Cl2N2O2/c1-9(21-12-5-3-4-11(16)13(12)17)14(20)19-15(2,8-18)10-6-7-10/h3-5,9-10H,6-8,18H2,1-2H3,(H,19,20). The molecule has 0 aliphatic heterocycles. The van der Waals surface area contributed by atoms with E-state index in [1.54, 1.807) is 25.1 Å². The van der Waals surface area contributed by atoms with Gasteiger partial charge in [-0.25, -0.2) is 0 Å². The Labute approximate surface area is 134 Å². The topological polar surface area (TPSA) is 64.3 Å². The lowest BCUT2D eigenvalue weighted by atomic mass is 9.95. The van der Waals surface area contributed by atoms with Gasteiger partial charge in [0.25, 0.3) is 5.91 Å². The number of nitrogens with two attached hydrogens (primary N) is 1. The number of rotatable bonds is 6. The van der Waals surface area contributed by atoms with Crippen molar-refractivity contribution in [1.82, 2.24) is 5.32 Å². The van der Waals surface area contributed by atoms with Gasteiger partial charge >= 0.3 is 0 Å². The van der Waals surface area contributed by atoms with E-state index in [1.807, 2.05) is 6.92 Å². The van der Waals surface area contributed by atoms with Crippen molar-refractivity contribution in [2.24, 2.45) is 11.7 Å². The zero-order valence-corrected chi connectivity index (χ0v) is 13.7. The third-order valence-corrected chi connectivity index (χ3v) is 4.70. The zero-order chi connectivity index (χ0) is 15.6. The normalized spacial score (nSPS) is 18.7. The summed E-state index contributed by atoms with van der Waals surface area (Å²) < 4.78 is 5.61. The first-order valence-electron chi connectivity index (χ1n) is 7.00. The lowest BCUT2D eigenvalue weighted by molar-refractivity contribution is -0.129. The van der Waals surface area contributed by atoms with Crippen LogP contribution in [-0.2, 0) is 4.79 Å². The van der Waals surface area contributed by atoms with Crippen LogP contribution >= 0.6 is 23.2 Å². The Morgan fingerprint density at radius 1 is 1.52 bits per heavy atom. The van der Waals surface area contributed by atoms with Crippen LogP contribution in [0.1, 0.15) is 26.7 Å². The monoisotopic (exact) mass is 330 g/mol. The maximum Gasteiger partial charge on any atom is 0.261 e. The van der Waals surface area contributed by atoms with Gasteiger partial charge in [0.05, 0.1) is 10.6 Å². The van der Waals surface area contributed by atoms with E-state index in [9.17, 15) is 4.79 Å². The highest BCUT2D eigenvalue weighted by molar-refractivity contribution is 6.42. The first-order chi connectivity index (χ1) is 9.87. The van der Waals surface area contributed by atoms with Crippen molar-refractivity contribution < 1.29 is 9.53 Å². The van der Waals surface area contributed by atoms with Crippen LogP contribution in [0, 0.1) is 5.92 Å². The predicted octanol–water partition coefficient (Wildman–Crippen LogP) is 3.00. The molecule has 2 unspecified atom stereocenters. The smallest absolute Gasteiger partial charge is 0.261 e. The van der Waals surface area contributed by atoms with Crippen LogP contribution in [0.5, 0.6) is 5.75 Å². The molecule has 0 bridgehead atoms. The van der Waals surface area contributed by atoms with Crippen LogP contribution in [-0.4, -0.2) is 24.1 Å². The third kappa shape index (κ3) is 3.82. The molecule has 2 rings (SSSR count). The molecule has 2 atom stereocenters. The van der Waals surface area contributed by atoms with E-state index >= 15 is 0 Å². The number of hydrogen-bond acceptors (Lipinski definition) is 3. The largest absolute Gasteiger partial charge is 0.479 e. The molecule has 6 heteroatoms. The lowest BCUT2D eigenvalue weighted by Gasteiger charge is -2.31. The van der Waals surface area contributed by atoms with Crippen molar-refractivity contribution >= 4 is 29.1 Å². The lowest BCUT2D eigenvalue weighted by Crippen LogP contribution is -2.56. The summed E-state index contributed by atoms with van der Waals surface area (Å²) in [5.41, 5.74) is 5.43. The number of halogens is 2. The molecule has 0 aromatic heterocycles. The van der Waals surface area contributed by atoms with E-state index in [0.717, 1.165) is 12.8 Å². The highest BCUT2D eigenvalue weighted by Crippen LogP contribution is 2.39. The SMILES string of the molecule is CC(Oc1cccc(Cl)c1Cl)C(=O)NC(C)(CN)C1CC1. The minimum Gasteiger partial charge on any atom is -0.479 e. The Morgan fingerprint density at radius 2 is 2.19 bits per heavy atom. The van der Waals surface area contributed by atoms with Crippen molar-refractivity contribution in [3.05, 3.63) is 28.2 Å². The molecule has 1 aromatic carbocycles. The minimum absolute atomic E-state index is 0.203. The second-order valence-electron chi connectivity index (χ2n) is 5.70. The van der Waals surface area contributed by atoms with Gasteiger partial charge in [-0.05, 0) is 44.7 Å². The summed E-state index contributed by atoms with van der Waals surface area (Å²) in [4.78, 5) is 12.3. The average molecular weight is 331 g/mol. The van der Waals surface area contributed by atoms with Crippen LogP contribution in [0.3, 0.4) is 0 Å². The fourth-order valence-corrected chi connectivity index (χ4v) is 2.58. The number of hydrogen-bond donors (Lipinski definition) is 2. The molecule has 1 saturated carbocycles. The van der Waals surface area contributed by atoms with Crippen molar-refractivity contribution in [1.29, 1.82) is 0 Å². The highest BCUT2D eigenvalue weighted by Gasteiger charge is 2.42. The first kappa shape index (κ1) is 16.4. The van der Waals surface area contributed by atoms with Crippen molar-refractivity contribution in [3.63, 3.8) is 0 Å². The van der Waals surface area contributed by atoms with E-state index in [0.29, 0.717) is 28.3 Å². The molecule has 1 amide bonds. The zero-order valence-electron chi connectivity index (χ0n) is 12.2. The quantitative estimate of drug-likeness (QED) is 0.842. The van der Waals surface area contributed by atoms with E-state index in [4.69, 9.17) is 33.7 Å². The molecule has 1 fully saturated rings. The molecule has 1 aliphatic carbocycles. The van der Waals surface area contributed by atoms with Crippen LogP contribution < -0.4 is 15.8 Å². The minimum atomic E-state index is -0.675. The summed E-state index contributed by atoms with van der Waals surface area (Å²) >= 11 is 12.0. The third-order valence-electron chi connectivity index (χ3n) is 3.90. The molecule has 4 nitrogen and oxygen atoms in total. The summed E-state index contributed by atoms with van der Waals surface area (Å²) in [6.45, 7) is 4.06. The Hall–Kier alpha value is -0.970. The summed E-state index contributed by atoms with van der Waals surface area (Å²) in [5, 5.41) is 3.70. The fraction of sp³-hybridized carbons (Fsp3) is 0.533. The van der Waals surface area contributed by atoms with Gasteiger partial charge < -0.3 is 15.8 Å². The number of carbonyl (C=O) groups excluding carboxylic acids is 1. The number of carbonyl (C=O) groups is 1. The fourth-order valence-electron chi connectivity index (χ4n) is 2.24. The van der Waals surface area contributed by atoms with Gasteiger partial charge in [-0.15, -0.1) is 0 Å². The molecule has 1 aliphatic rings. The van der Waals surface area contributed by atoms with E-state index in [-0.39, 0.29) is 11.4 Å². The Balaban J connectivity index is 2.01. The van der Waals surface area contributed by atoms with Gasteiger partial charge in [-0.2, -0.15) is 0 Å². The predicted molar refractivity (Wildman–Crippen MR) is 84.9 cm³/mol. The summed E-state index contributed by atoms with van der Waals surface area (Å²) in [6, 6.07) is 5.07. The van der Waals surface area contributed by atoms with E-state index in [2.05, 4.69) is 5.32 Å². The number of ether oxygens (including phenoxy) is 1. The maximum absolute atomic E-state index is 12.3. The van der Waals surface area contributed by atoms with Crippen LogP contribution in [0.2, 0.25) is 10.0 Å². The van der Waals surface area contributed by atoms with Crippen molar-refractivity contribution in [2.75, 3.05) is 6.54 Å². The molecule has 0 heterocycles. The second kappa shape index (κ2) is 6.42. The van der Waals surface area contributed by atoms with Gasteiger partial charge in [0.15, 0.2) is 6.10 Å². The second-order valence-corrected chi connectivity index (χ2v) is 6.48. The number of benzene rings is 1. The van der Waals surface area contributed by atoms with Gasteiger partial charge in [-0.1, -0.05) is 29.3 Å². The maximum atomic E-state index is 12.3. The number of nitrogens with one attached hydrogen (secondary N) is 1. The summed E-state index contributed by atoms with van der Waals surface area (Å²) in [5.74, 6) is 0.645. The molecule has 0 spiro atoms. The Kier molecular flexibility index (Phi) is 5.02. The van der Waals surface area contributed by atoms with Gasteiger partial charge in [0, 0.05) is 6.54 Å². The average Bonchev–Trinajstić information content (AvgIpc) is 3.28. The molecule has 116 valence electrons. The van der Waals surface area contributed by atoms with Crippen LogP contribution in [0.25, 0.3) is 0 Å². The molecular formula is C15H20Cl2N2O2.